The van der Waals surface area contributed by atoms with Gasteiger partial charge in [-0.1, -0.05) is 49.4 Å². The van der Waals surface area contributed by atoms with Gasteiger partial charge >= 0.3 is 11.9 Å². The highest BCUT2D eigenvalue weighted by Crippen LogP contribution is 2.37. The fourth-order valence-corrected chi connectivity index (χ4v) is 4.59. The number of ether oxygens (including phenoxy) is 1. The number of carboxylic acid groups (broad SMARTS) is 1. The smallest absolute Gasteiger partial charge is 0.340 e. The molecule has 152 valence electrons. The van der Waals surface area contributed by atoms with Crippen molar-refractivity contribution in [3.63, 3.8) is 0 Å². The molecule has 7 heteroatoms. The normalized spacial score (nSPS) is 19.4. The molecular weight excluding hydrogens is 390 g/mol. The van der Waals surface area contributed by atoms with E-state index in [1.54, 1.807) is 12.1 Å². The van der Waals surface area contributed by atoms with Gasteiger partial charge in [-0.3, -0.25) is 9.59 Å². The Balaban J connectivity index is 1.88. The van der Waals surface area contributed by atoms with Crippen LogP contribution >= 0.6 is 11.3 Å². The van der Waals surface area contributed by atoms with Crippen LogP contribution in [0.2, 0.25) is 0 Å². The van der Waals surface area contributed by atoms with Crippen molar-refractivity contribution in [2.45, 2.75) is 25.7 Å². The molecule has 6 nitrogen and oxygen atoms in total. The van der Waals surface area contributed by atoms with Gasteiger partial charge in [0.05, 0.1) is 24.5 Å². The summed E-state index contributed by atoms with van der Waals surface area (Å²) < 4.78 is 4.87. The number of hydrogen-bond donors (Lipinski definition) is 2. The van der Waals surface area contributed by atoms with Crippen LogP contribution in [0.15, 0.2) is 48.6 Å². The molecule has 1 amide bonds. The second-order valence-corrected chi connectivity index (χ2v) is 8.08. The third kappa shape index (κ3) is 4.56. The van der Waals surface area contributed by atoms with E-state index in [2.05, 4.69) is 5.32 Å². The number of thiophene rings is 1. The number of methoxy groups -OCH3 is 1. The first-order chi connectivity index (χ1) is 13.9. The maximum absolute atomic E-state index is 12.8. The van der Waals surface area contributed by atoms with Gasteiger partial charge in [0.2, 0.25) is 5.91 Å². The first kappa shape index (κ1) is 20.8. The molecule has 0 unspecified atom stereocenters. The lowest BCUT2D eigenvalue weighted by Gasteiger charge is -2.24. The van der Waals surface area contributed by atoms with Gasteiger partial charge in [0.25, 0.3) is 0 Å². The monoisotopic (exact) mass is 413 g/mol. The zero-order valence-electron chi connectivity index (χ0n) is 16.3. The van der Waals surface area contributed by atoms with Crippen LogP contribution in [0.3, 0.4) is 0 Å². The van der Waals surface area contributed by atoms with Crippen LogP contribution in [0, 0.1) is 11.8 Å². The van der Waals surface area contributed by atoms with Crippen molar-refractivity contribution in [3.8, 4) is 0 Å². The topological polar surface area (TPSA) is 92.7 Å². The molecule has 1 aromatic heterocycles. The van der Waals surface area contributed by atoms with Crippen molar-refractivity contribution < 1.29 is 24.2 Å². The number of amides is 1. The van der Waals surface area contributed by atoms with E-state index >= 15 is 0 Å². The lowest BCUT2D eigenvalue weighted by atomic mass is 9.82. The summed E-state index contributed by atoms with van der Waals surface area (Å²) >= 11 is 1.31. The van der Waals surface area contributed by atoms with Gasteiger partial charge in [-0.2, -0.15) is 0 Å². The van der Waals surface area contributed by atoms with Crippen molar-refractivity contribution >= 4 is 34.2 Å². The zero-order chi connectivity index (χ0) is 21.0. The quantitative estimate of drug-likeness (QED) is 0.544. The number of carbonyl (C=O) groups is 3. The summed E-state index contributed by atoms with van der Waals surface area (Å²) in [5.74, 6) is -3.36. The van der Waals surface area contributed by atoms with Gasteiger partial charge < -0.3 is 15.2 Å². The molecule has 0 fully saturated rings. The summed E-state index contributed by atoms with van der Waals surface area (Å²) in [5, 5.41) is 12.6. The zero-order valence-corrected chi connectivity index (χ0v) is 17.1. The Hall–Kier alpha value is -2.93. The van der Waals surface area contributed by atoms with Crippen molar-refractivity contribution in [1.82, 2.24) is 0 Å². The lowest BCUT2D eigenvalue weighted by Crippen LogP contribution is -2.34. The van der Waals surface area contributed by atoms with E-state index in [1.165, 1.54) is 18.4 Å². The number of anilines is 1. The maximum atomic E-state index is 12.8. The minimum absolute atomic E-state index is 0.0274. The summed E-state index contributed by atoms with van der Waals surface area (Å²) in [6, 6.07) is 11.6. The SMILES string of the molecule is COC(=O)c1cc([C@@H](C)c2ccccc2)sc1NC(=O)[C@H]1CC=CC[C@@H]1C(=O)O. The van der Waals surface area contributed by atoms with Crippen LogP contribution < -0.4 is 5.32 Å². The number of hydrogen-bond acceptors (Lipinski definition) is 5. The molecule has 1 aromatic carbocycles. The van der Waals surface area contributed by atoms with Crippen LogP contribution in [-0.4, -0.2) is 30.1 Å². The summed E-state index contributed by atoms with van der Waals surface area (Å²) in [6.07, 6.45) is 4.28. The van der Waals surface area contributed by atoms with E-state index in [1.807, 2.05) is 43.3 Å². The van der Waals surface area contributed by atoms with Gasteiger partial charge in [0.15, 0.2) is 0 Å². The average Bonchev–Trinajstić information content (AvgIpc) is 3.16. The summed E-state index contributed by atoms with van der Waals surface area (Å²) in [5.41, 5.74) is 1.37. The molecule has 0 radical (unpaired) electrons. The van der Waals surface area contributed by atoms with E-state index in [0.29, 0.717) is 17.8 Å². The molecule has 2 aromatic rings. The molecular formula is C22H23NO5S. The van der Waals surface area contributed by atoms with Crippen LogP contribution in [0.1, 0.15) is 46.5 Å². The predicted octanol–water partition coefficient (Wildman–Crippen LogP) is 4.29. The van der Waals surface area contributed by atoms with E-state index in [4.69, 9.17) is 4.74 Å². The number of esters is 1. The number of carboxylic acids is 1. The van der Waals surface area contributed by atoms with Gasteiger partial charge in [-0.25, -0.2) is 4.79 Å². The van der Waals surface area contributed by atoms with Gasteiger partial charge in [0.1, 0.15) is 5.00 Å². The maximum Gasteiger partial charge on any atom is 0.340 e. The largest absolute Gasteiger partial charge is 0.481 e. The van der Waals surface area contributed by atoms with Crippen molar-refractivity contribution in [2.75, 3.05) is 12.4 Å². The summed E-state index contributed by atoms with van der Waals surface area (Å²) in [4.78, 5) is 37.5. The van der Waals surface area contributed by atoms with Crippen LogP contribution in [0.4, 0.5) is 5.00 Å². The predicted molar refractivity (Wildman–Crippen MR) is 111 cm³/mol. The number of rotatable bonds is 6. The molecule has 29 heavy (non-hydrogen) atoms. The standard InChI is InChI=1S/C22H23NO5S/c1-13(14-8-4-3-5-9-14)18-12-17(22(27)28-2)20(29-18)23-19(24)15-10-6-7-11-16(15)21(25)26/h3-9,12-13,15-16H,10-11H2,1-2H3,(H,23,24)(H,25,26)/t13-,15-,16-/m0/s1. The summed E-state index contributed by atoms with van der Waals surface area (Å²) in [6.45, 7) is 2.03. The van der Waals surface area contributed by atoms with Crippen molar-refractivity contribution in [2.24, 2.45) is 11.8 Å². The van der Waals surface area contributed by atoms with Crippen LogP contribution in [0.25, 0.3) is 0 Å². The Kier molecular flexibility index (Phi) is 6.49. The first-order valence-electron chi connectivity index (χ1n) is 9.38. The molecule has 0 saturated heterocycles. The fraction of sp³-hybridized carbons (Fsp3) is 0.318. The molecule has 0 spiro atoms. The highest BCUT2D eigenvalue weighted by atomic mass is 32.1. The van der Waals surface area contributed by atoms with Crippen molar-refractivity contribution in [1.29, 1.82) is 0 Å². The van der Waals surface area contributed by atoms with E-state index in [-0.39, 0.29) is 11.5 Å². The van der Waals surface area contributed by atoms with Crippen LogP contribution in [0.5, 0.6) is 0 Å². The van der Waals surface area contributed by atoms with E-state index in [9.17, 15) is 19.5 Å². The van der Waals surface area contributed by atoms with Crippen molar-refractivity contribution in [3.05, 3.63) is 64.6 Å². The Bertz CT molecular complexity index is 934. The Morgan fingerprint density at radius 3 is 2.41 bits per heavy atom. The second-order valence-electron chi connectivity index (χ2n) is 7.00. The van der Waals surface area contributed by atoms with Gasteiger partial charge in [0, 0.05) is 10.8 Å². The third-order valence-corrected chi connectivity index (χ3v) is 6.44. The minimum Gasteiger partial charge on any atom is -0.481 e. The Morgan fingerprint density at radius 2 is 1.79 bits per heavy atom. The Labute approximate surface area is 173 Å². The number of carbonyl (C=O) groups excluding carboxylic acids is 2. The molecule has 0 aliphatic heterocycles. The highest BCUT2D eigenvalue weighted by molar-refractivity contribution is 7.16. The fourth-order valence-electron chi connectivity index (χ4n) is 3.47. The molecule has 1 heterocycles. The number of allylic oxidation sites excluding steroid dienone is 2. The van der Waals surface area contributed by atoms with Gasteiger partial charge in [-0.05, 0) is 24.5 Å². The number of aliphatic carboxylic acids is 1. The lowest BCUT2D eigenvalue weighted by molar-refractivity contribution is -0.146. The average molecular weight is 413 g/mol. The second kappa shape index (κ2) is 9.05. The Morgan fingerprint density at radius 1 is 1.14 bits per heavy atom. The highest BCUT2D eigenvalue weighted by Gasteiger charge is 2.35. The summed E-state index contributed by atoms with van der Waals surface area (Å²) in [7, 11) is 1.29. The first-order valence-corrected chi connectivity index (χ1v) is 10.2. The molecule has 0 bridgehead atoms. The number of benzene rings is 1. The van der Waals surface area contributed by atoms with Gasteiger partial charge in [-0.15, -0.1) is 11.3 Å². The van der Waals surface area contributed by atoms with E-state index in [0.717, 1.165) is 10.4 Å². The molecule has 3 rings (SSSR count). The third-order valence-electron chi connectivity index (χ3n) is 5.21. The molecule has 1 aliphatic carbocycles. The molecule has 2 N–H and O–H groups in total. The van der Waals surface area contributed by atoms with Crippen LogP contribution in [-0.2, 0) is 14.3 Å². The van der Waals surface area contributed by atoms with E-state index < -0.39 is 29.7 Å². The minimum atomic E-state index is -0.993. The molecule has 3 atom stereocenters. The molecule has 0 saturated carbocycles. The molecule has 1 aliphatic rings. The number of nitrogens with one attached hydrogen (secondary N) is 1.